The van der Waals surface area contributed by atoms with Crippen molar-refractivity contribution in [1.29, 1.82) is 0 Å². The van der Waals surface area contributed by atoms with Crippen LogP contribution >= 0.6 is 95.6 Å². The van der Waals surface area contributed by atoms with Gasteiger partial charge >= 0.3 is 17.9 Å². The van der Waals surface area contributed by atoms with Gasteiger partial charge in [0.05, 0.1) is 54.6 Å². The van der Waals surface area contributed by atoms with E-state index in [-0.39, 0.29) is 42.1 Å². The lowest BCUT2D eigenvalue weighted by molar-refractivity contribution is -0.146. The van der Waals surface area contributed by atoms with Gasteiger partial charge in [-0.3, -0.25) is 14.4 Å². The maximum absolute atomic E-state index is 13.3. The summed E-state index contributed by atoms with van der Waals surface area (Å²) in [7, 11) is 3.75. The summed E-state index contributed by atoms with van der Waals surface area (Å²) >= 11 is 19.0. The number of benzene rings is 3. The molecule has 4 N–H and O–H groups in total. The first-order chi connectivity index (χ1) is 22.9. The van der Waals surface area contributed by atoms with Gasteiger partial charge in [0.25, 0.3) is 5.91 Å². The fourth-order valence-corrected chi connectivity index (χ4v) is 7.19. The van der Waals surface area contributed by atoms with E-state index in [1.165, 1.54) is 26.4 Å². The minimum atomic E-state index is -1.70. The van der Waals surface area contributed by atoms with E-state index < -0.39 is 24.0 Å². The van der Waals surface area contributed by atoms with E-state index in [1.54, 1.807) is 24.3 Å². The second kappa shape index (κ2) is 21.9. The Labute approximate surface area is 332 Å². The molecule has 0 saturated heterocycles. The second-order valence-corrected chi connectivity index (χ2v) is 14.8. The van der Waals surface area contributed by atoms with E-state index in [0.29, 0.717) is 44.4 Å². The Hall–Kier alpha value is -2.25. The molecule has 18 heteroatoms. The van der Waals surface area contributed by atoms with Crippen LogP contribution in [0.5, 0.6) is 17.2 Å². The highest BCUT2D eigenvalue weighted by molar-refractivity contribution is 9.11. The molecular weight excluding hydrogens is 1040 g/mol. The van der Waals surface area contributed by atoms with E-state index in [1.807, 2.05) is 6.92 Å². The van der Waals surface area contributed by atoms with Gasteiger partial charge in [-0.1, -0.05) is 6.92 Å². The van der Waals surface area contributed by atoms with Crippen molar-refractivity contribution in [2.45, 2.75) is 31.9 Å². The summed E-state index contributed by atoms with van der Waals surface area (Å²) < 4.78 is 29.4. The molecular formula is C31H30Br6FNO10. The Bertz CT molecular complexity index is 1590. The number of methoxy groups -OCH3 is 3. The maximum Gasteiger partial charge on any atom is 0.340 e. The molecule has 49 heavy (non-hydrogen) atoms. The number of alkyl halides is 1. The van der Waals surface area contributed by atoms with E-state index in [2.05, 4.69) is 115 Å². The number of nitrogens with one attached hydrogen (secondary N) is 1. The third-order valence-electron chi connectivity index (χ3n) is 6.16. The Kier molecular flexibility index (Phi) is 20.0. The molecule has 3 aromatic carbocycles. The van der Waals surface area contributed by atoms with Crippen molar-refractivity contribution in [2.75, 3.05) is 27.9 Å². The minimum absolute atomic E-state index is 0.00881. The SMILES string of the molecule is COC(=O)C(F)Cc1cc(Br)c(O)c(Br)c1.COC(=O)CC(C)c1cc(Br)c(O)c(Br)c1.COC(=O)CNC(=O)c1cc(Br)c(O)c(Br)c1. The van der Waals surface area contributed by atoms with Crippen molar-refractivity contribution in [3.63, 3.8) is 0 Å². The van der Waals surface area contributed by atoms with Crippen molar-refractivity contribution in [2.24, 2.45) is 0 Å². The summed E-state index contributed by atoms with van der Waals surface area (Å²) in [5.74, 6) is -1.86. The van der Waals surface area contributed by atoms with Gasteiger partial charge in [0.15, 0.2) is 0 Å². The van der Waals surface area contributed by atoms with E-state index >= 15 is 0 Å². The molecule has 2 unspecified atom stereocenters. The number of amides is 1. The van der Waals surface area contributed by atoms with Gasteiger partial charge in [-0.25, -0.2) is 9.18 Å². The van der Waals surface area contributed by atoms with Crippen LogP contribution in [0.2, 0.25) is 0 Å². The minimum Gasteiger partial charge on any atom is -0.506 e. The summed E-state index contributed by atoms with van der Waals surface area (Å²) in [4.78, 5) is 44.5. The summed E-state index contributed by atoms with van der Waals surface area (Å²) in [6, 6.07) is 9.60. The zero-order chi connectivity index (χ0) is 37.6. The standard InChI is InChI=1S/C11H12Br2O3.C10H9Br2FO3.C10H9Br2NO4/c1-6(3-10(14)16-2)7-4-8(12)11(15)9(13)5-7;1-16-10(15)8(13)4-5-2-6(11)9(14)7(12)3-5;1-17-8(14)4-13-10(16)5-2-6(11)9(15)7(12)3-5/h4-6,15H,3H2,1-2H3;2-3,8,14H,4H2,1H3;2-3,15H,4H2,1H3,(H,13,16). The quantitative estimate of drug-likeness (QED) is 0.121. The van der Waals surface area contributed by atoms with Crippen molar-refractivity contribution in [3.05, 3.63) is 79.9 Å². The lowest BCUT2D eigenvalue weighted by Gasteiger charge is -2.12. The maximum atomic E-state index is 13.3. The molecule has 0 aromatic heterocycles. The molecule has 0 aliphatic rings. The van der Waals surface area contributed by atoms with Crippen LogP contribution in [0.3, 0.4) is 0 Å². The fourth-order valence-electron chi connectivity index (χ4n) is 3.50. The molecule has 0 fully saturated rings. The van der Waals surface area contributed by atoms with Crippen LogP contribution in [0.25, 0.3) is 0 Å². The first-order valence-electron chi connectivity index (χ1n) is 13.5. The summed E-state index contributed by atoms with van der Waals surface area (Å²) in [6.07, 6.45) is -1.47. The molecule has 0 saturated carbocycles. The van der Waals surface area contributed by atoms with Gasteiger partial charge in [-0.15, -0.1) is 0 Å². The van der Waals surface area contributed by atoms with Gasteiger partial charge in [0.1, 0.15) is 23.8 Å². The number of phenolic OH excluding ortho intramolecular Hbond substituents is 3. The van der Waals surface area contributed by atoms with Gasteiger partial charge in [0, 0.05) is 12.0 Å². The molecule has 3 aromatic rings. The average molecular weight is 1080 g/mol. The molecule has 0 aliphatic heterocycles. The molecule has 1 amide bonds. The Morgan fingerprint density at radius 2 is 1.10 bits per heavy atom. The summed E-state index contributed by atoms with van der Waals surface area (Å²) in [5.41, 5.74) is 1.85. The average Bonchev–Trinajstić information content (AvgIpc) is 3.06. The van der Waals surface area contributed by atoms with E-state index in [0.717, 1.165) is 12.7 Å². The third kappa shape index (κ3) is 14.9. The zero-order valence-electron chi connectivity index (χ0n) is 26.1. The number of rotatable bonds is 9. The first-order valence-corrected chi connectivity index (χ1v) is 18.3. The lowest BCUT2D eigenvalue weighted by atomic mass is 9.98. The van der Waals surface area contributed by atoms with Crippen LogP contribution in [0.4, 0.5) is 4.39 Å². The van der Waals surface area contributed by atoms with Crippen molar-refractivity contribution >= 4 is 119 Å². The highest BCUT2D eigenvalue weighted by Gasteiger charge is 2.20. The third-order valence-corrected chi connectivity index (χ3v) is 9.78. The van der Waals surface area contributed by atoms with Crippen molar-refractivity contribution in [3.8, 4) is 17.2 Å². The van der Waals surface area contributed by atoms with Crippen molar-refractivity contribution < 1.29 is 53.1 Å². The van der Waals surface area contributed by atoms with Crippen LogP contribution in [0, 0.1) is 0 Å². The molecule has 0 bridgehead atoms. The van der Waals surface area contributed by atoms with Crippen molar-refractivity contribution in [1.82, 2.24) is 5.32 Å². The van der Waals surface area contributed by atoms with Crippen LogP contribution in [0.15, 0.2) is 63.2 Å². The number of halogens is 7. The lowest BCUT2D eigenvalue weighted by Crippen LogP contribution is -2.30. The molecule has 11 nitrogen and oxygen atoms in total. The summed E-state index contributed by atoms with van der Waals surface area (Å²) in [6.45, 7) is 1.73. The smallest absolute Gasteiger partial charge is 0.340 e. The van der Waals surface area contributed by atoms with Gasteiger partial charge in [0.2, 0.25) is 6.17 Å². The zero-order valence-corrected chi connectivity index (χ0v) is 35.6. The predicted molar refractivity (Wildman–Crippen MR) is 201 cm³/mol. The molecule has 2 atom stereocenters. The molecule has 0 heterocycles. The fraction of sp³-hybridized carbons (Fsp3) is 0.290. The number of carbonyl (C=O) groups is 4. The number of ether oxygens (including phenoxy) is 3. The number of phenols is 3. The van der Waals surface area contributed by atoms with Gasteiger partial charge in [-0.05, 0) is 149 Å². The van der Waals surface area contributed by atoms with E-state index in [4.69, 9.17) is 0 Å². The molecule has 0 aliphatic carbocycles. The second-order valence-electron chi connectivity index (χ2n) is 9.66. The highest BCUT2D eigenvalue weighted by atomic mass is 79.9. The molecule has 3 rings (SSSR count). The Morgan fingerprint density at radius 1 is 0.694 bits per heavy atom. The summed E-state index contributed by atoms with van der Waals surface area (Å²) in [5, 5.41) is 30.9. The van der Waals surface area contributed by atoms with E-state index in [9.17, 15) is 38.9 Å². The number of esters is 3. The largest absolute Gasteiger partial charge is 0.506 e. The van der Waals surface area contributed by atoms with Gasteiger partial charge in [-0.2, -0.15) is 0 Å². The first kappa shape index (κ1) is 44.8. The number of aromatic hydroxyl groups is 3. The highest BCUT2D eigenvalue weighted by Crippen LogP contribution is 2.37. The van der Waals surface area contributed by atoms with Crippen LogP contribution in [-0.4, -0.2) is 73.2 Å². The topological polar surface area (TPSA) is 169 Å². The Morgan fingerprint density at radius 3 is 1.51 bits per heavy atom. The van der Waals surface area contributed by atoms with Crippen LogP contribution in [-0.2, 0) is 35.0 Å². The monoisotopic (exact) mass is 1070 g/mol. The predicted octanol–water partition coefficient (Wildman–Crippen LogP) is 8.37. The normalized spacial score (nSPS) is 11.4. The number of hydrogen-bond acceptors (Lipinski definition) is 10. The number of hydrogen-bond donors (Lipinski definition) is 4. The molecule has 0 spiro atoms. The van der Waals surface area contributed by atoms with Crippen LogP contribution in [0.1, 0.15) is 40.7 Å². The Balaban J connectivity index is 0.000000368. The molecule has 268 valence electrons. The van der Waals surface area contributed by atoms with Crippen LogP contribution < -0.4 is 5.32 Å². The van der Waals surface area contributed by atoms with Gasteiger partial charge < -0.3 is 34.8 Å². The number of carbonyl (C=O) groups excluding carboxylic acids is 4. The molecule has 0 radical (unpaired) electrons.